The number of thiophene rings is 1. The van der Waals surface area contributed by atoms with Crippen molar-refractivity contribution in [1.82, 2.24) is 5.32 Å². The Bertz CT molecular complexity index is 476. The molecule has 1 aromatic heterocycles. The standard InChI is InChI=1S/C15H21NO4S/c1-19-11-12-20-10-3-2-8-16-15(18)14-7-6-13(21-14)5-4-9-17/h6-7,17H,2-3,8-12H2,1H3,(H,16,18). The van der Waals surface area contributed by atoms with Crippen LogP contribution < -0.4 is 5.32 Å². The number of unbranched alkanes of at least 4 members (excludes halogenated alkanes) is 1. The van der Waals surface area contributed by atoms with E-state index in [4.69, 9.17) is 14.6 Å². The molecule has 1 heterocycles. The fourth-order valence-corrected chi connectivity index (χ4v) is 2.31. The Labute approximate surface area is 129 Å². The summed E-state index contributed by atoms with van der Waals surface area (Å²) in [4.78, 5) is 13.3. The highest BCUT2D eigenvalue weighted by molar-refractivity contribution is 7.14. The van der Waals surface area contributed by atoms with Crippen LogP contribution in [0.5, 0.6) is 0 Å². The van der Waals surface area contributed by atoms with Gasteiger partial charge in [0, 0.05) is 20.3 Å². The van der Waals surface area contributed by atoms with Gasteiger partial charge < -0.3 is 19.9 Å². The molecular weight excluding hydrogens is 290 g/mol. The van der Waals surface area contributed by atoms with Crippen LogP contribution in [0.25, 0.3) is 0 Å². The van der Waals surface area contributed by atoms with Crippen LogP contribution in [0, 0.1) is 11.8 Å². The predicted octanol–water partition coefficient (Wildman–Crippen LogP) is 1.26. The van der Waals surface area contributed by atoms with Gasteiger partial charge in [0.05, 0.1) is 23.0 Å². The van der Waals surface area contributed by atoms with Gasteiger partial charge in [0.1, 0.15) is 6.61 Å². The second kappa shape index (κ2) is 11.3. The van der Waals surface area contributed by atoms with Crippen molar-refractivity contribution in [2.75, 3.05) is 40.1 Å². The summed E-state index contributed by atoms with van der Waals surface area (Å²) in [5.41, 5.74) is 0. The highest BCUT2D eigenvalue weighted by atomic mass is 32.1. The molecule has 0 aliphatic carbocycles. The van der Waals surface area contributed by atoms with Crippen LogP contribution in [0.15, 0.2) is 12.1 Å². The molecular formula is C15H21NO4S. The molecule has 0 aliphatic heterocycles. The Kier molecular flexibility index (Phi) is 9.49. The molecule has 0 bridgehead atoms. The lowest BCUT2D eigenvalue weighted by Gasteiger charge is -2.04. The molecule has 1 amide bonds. The number of carbonyl (C=O) groups is 1. The second-order valence-electron chi connectivity index (χ2n) is 4.19. The summed E-state index contributed by atoms with van der Waals surface area (Å²) >= 11 is 1.32. The molecule has 0 spiro atoms. The van der Waals surface area contributed by atoms with E-state index in [9.17, 15) is 4.79 Å². The average molecular weight is 311 g/mol. The molecule has 0 fully saturated rings. The molecule has 2 N–H and O–H groups in total. The van der Waals surface area contributed by atoms with Gasteiger partial charge in [0.25, 0.3) is 5.91 Å². The molecule has 0 aromatic carbocycles. The fraction of sp³-hybridized carbons (Fsp3) is 0.533. The number of nitrogens with one attached hydrogen (secondary N) is 1. The van der Waals surface area contributed by atoms with E-state index >= 15 is 0 Å². The summed E-state index contributed by atoms with van der Waals surface area (Å²) in [5.74, 6) is 5.26. The Morgan fingerprint density at radius 3 is 2.95 bits per heavy atom. The Morgan fingerprint density at radius 1 is 1.33 bits per heavy atom. The summed E-state index contributed by atoms with van der Waals surface area (Å²) in [6, 6.07) is 3.53. The minimum absolute atomic E-state index is 0.0858. The molecule has 5 nitrogen and oxygen atoms in total. The number of hydrogen-bond donors (Lipinski definition) is 2. The predicted molar refractivity (Wildman–Crippen MR) is 82.5 cm³/mol. The van der Waals surface area contributed by atoms with E-state index in [-0.39, 0.29) is 12.5 Å². The van der Waals surface area contributed by atoms with Gasteiger partial charge in [-0.3, -0.25) is 4.79 Å². The first kappa shape index (κ1) is 17.7. The molecule has 0 saturated carbocycles. The van der Waals surface area contributed by atoms with Crippen LogP contribution >= 0.6 is 11.3 Å². The lowest BCUT2D eigenvalue weighted by Crippen LogP contribution is -2.23. The lowest BCUT2D eigenvalue weighted by molar-refractivity contribution is 0.0686. The maximum Gasteiger partial charge on any atom is 0.261 e. The van der Waals surface area contributed by atoms with Crippen molar-refractivity contribution in [2.24, 2.45) is 0 Å². The zero-order chi connectivity index (χ0) is 15.3. The summed E-state index contributed by atoms with van der Waals surface area (Å²) in [7, 11) is 1.64. The van der Waals surface area contributed by atoms with E-state index in [2.05, 4.69) is 17.2 Å². The molecule has 21 heavy (non-hydrogen) atoms. The molecule has 0 aliphatic rings. The van der Waals surface area contributed by atoms with Gasteiger partial charge in [-0.2, -0.15) is 0 Å². The number of amides is 1. The third-order valence-electron chi connectivity index (χ3n) is 2.55. The van der Waals surface area contributed by atoms with Crippen LogP contribution in [-0.4, -0.2) is 51.1 Å². The van der Waals surface area contributed by atoms with E-state index in [1.165, 1.54) is 11.3 Å². The van der Waals surface area contributed by atoms with Crippen molar-refractivity contribution < 1.29 is 19.4 Å². The van der Waals surface area contributed by atoms with Crippen molar-refractivity contribution in [3.8, 4) is 11.8 Å². The van der Waals surface area contributed by atoms with Crippen molar-refractivity contribution in [2.45, 2.75) is 12.8 Å². The number of rotatable bonds is 9. The monoisotopic (exact) mass is 311 g/mol. The van der Waals surface area contributed by atoms with Gasteiger partial charge in [-0.05, 0) is 25.0 Å². The number of hydrogen-bond acceptors (Lipinski definition) is 5. The number of aliphatic hydroxyl groups is 1. The van der Waals surface area contributed by atoms with Crippen LogP contribution in [0.4, 0.5) is 0 Å². The maximum atomic E-state index is 11.9. The molecule has 1 aromatic rings. The van der Waals surface area contributed by atoms with E-state index in [0.717, 1.165) is 17.7 Å². The van der Waals surface area contributed by atoms with Gasteiger partial charge in [0.2, 0.25) is 0 Å². The van der Waals surface area contributed by atoms with Crippen LogP contribution in [0.2, 0.25) is 0 Å². The van der Waals surface area contributed by atoms with Crippen LogP contribution in [-0.2, 0) is 9.47 Å². The third-order valence-corrected chi connectivity index (χ3v) is 3.55. The summed E-state index contributed by atoms with van der Waals surface area (Å²) < 4.78 is 10.2. The minimum atomic E-state index is -0.175. The minimum Gasteiger partial charge on any atom is -0.384 e. The van der Waals surface area contributed by atoms with Gasteiger partial charge in [-0.25, -0.2) is 0 Å². The van der Waals surface area contributed by atoms with Crippen molar-refractivity contribution in [3.63, 3.8) is 0 Å². The van der Waals surface area contributed by atoms with Crippen molar-refractivity contribution in [1.29, 1.82) is 0 Å². The quantitative estimate of drug-likeness (QED) is 0.532. The van der Waals surface area contributed by atoms with Crippen molar-refractivity contribution in [3.05, 3.63) is 21.9 Å². The first-order valence-corrected chi connectivity index (χ1v) is 7.64. The number of carbonyl (C=O) groups excluding carboxylic acids is 1. The summed E-state index contributed by atoms with van der Waals surface area (Å²) in [6.07, 6.45) is 1.78. The molecule has 116 valence electrons. The first-order chi connectivity index (χ1) is 10.3. The number of aliphatic hydroxyl groups excluding tert-OH is 1. The molecule has 0 unspecified atom stereocenters. The van der Waals surface area contributed by atoms with Crippen molar-refractivity contribution >= 4 is 17.2 Å². The van der Waals surface area contributed by atoms with Gasteiger partial charge >= 0.3 is 0 Å². The molecule has 0 radical (unpaired) electrons. The zero-order valence-corrected chi connectivity index (χ0v) is 13.0. The highest BCUT2D eigenvalue weighted by Gasteiger charge is 2.07. The van der Waals surface area contributed by atoms with Crippen LogP contribution in [0.1, 0.15) is 27.4 Å². The fourth-order valence-electron chi connectivity index (χ4n) is 1.52. The molecule has 1 rings (SSSR count). The van der Waals surface area contributed by atoms with E-state index in [1.54, 1.807) is 19.2 Å². The Balaban J connectivity index is 2.15. The average Bonchev–Trinajstić information content (AvgIpc) is 2.96. The maximum absolute atomic E-state index is 11.9. The third kappa shape index (κ3) is 7.83. The number of methoxy groups -OCH3 is 1. The molecule has 0 saturated heterocycles. The van der Waals surface area contributed by atoms with Gasteiger partial charge in [-0.1, -0.05) is 11.8 Å². The summed E-state index contributed by atoms with van der Waals surface area (Å²) in [5, 5.41) is 11.5. The summed E-state index contributed by atoms with van der Waals surface area (Å²) in [6.45, 7) is 2.35. The SMILES string of the molecule is COCCOCCCCNC(=O)c1ccc(C#CCO)s1. The topological polar surface area (TPSA) is 67.8 Å². The van der Waals surface area contributed by atoms with Crippen LogP contribution in [0.3, 0.4) is 0 Å². The van der Waals surface area contributed by atoms with E-state index < -0.39 is 0 Å². The molecule has 6 heteroatoms. The lowest BCUT2D eigenvalue weighted by atomic mass is 10.3. The zero-order valence-electron chi connectivity index (χ0n) is 12.2. The first-order valence-electron chi connectivity index (χ1n) is 6.82. The second-order valence-corrected chi connectivity index (χ2v) is 5.28. The highest BCUT2D eigenvalue weighted by Crippen LogP contribution is 2.15. The normalized spacial score (nSPS) is 10.0. The van der Waals surface area contributed by atoms with Gasteiger partial charge in [0.15, 0.2) is 0 Å². The smallest absolute Gasteiger partial charge is 0.261 e. The Hall–Kier alpha value is -1.39. The van der Waals surface area contributed by atoms with E-state index in [0.29, 0.717) is 31.2 Å². The molecule has 0 atom stereocenters. The Morgan fingerprint density at radius 2 is 2.19 bits per heavy atom. The number of ether oxygens (including phenoxy) is 2. The van der Waals surface area contributed by atoms with E-state index in [1.807, 2.05) is 0 Å². The largest absolute Gasteiger partial charge is 0.384 e. The van der Waals surface area contributed by atoms with Gasteiger partial charge in [-0.15, -0.1) is 11.3 Å².